The Hall–Kier alpha value is -0.620. The van der Waals surface area contributed by atoms with Gasteiger partial charge in [-0.25, -0.2) is 5.84 Å². The van der Waals surface area contributed by atoms with Crippen LogP contribution in [0.15, 0.2) is 4.99 Å². The van der Waals surface area contributed by atoms with Gasteiger partial charge in [-0.1, -0.05) is 0 Å². The van der Waals surface area contributed by atoms with Gasteiger partial charge in [0.05, 0.1) is 0 Å². The lowest BCUT2D eigenvalue weighted by Gasteiger charge is -2.05. The van der Waals surface area contributed by atoms with E-state index in [0.717, 1.165) is 0 Å². The van der Waals surface area contributed by atoms with Gasteiger partial charge in [-0.15, -0.1) is 0 Å². The number of nitrogens with two attached hydrogens (primary N) is 1. The first-order valence-electron chi connectivity index (χ1n) is 3.18. The fraction of sp³-hybridized carbons (Fsp3) is 0.800. The molecule has 6 heteroatoms. The third-order valence-electron chi connectivity index (χ3n) is 1.04. The molecule has 0 saturated heterocycles. The number of hydrazine groups is 1. The Morgan fingerprint density at radius 1 is 1.73 bits per heavy atom. The second-order valence-electron chi connectivity index (χ2n) is 1.92. The molecule has 0 aliphatic rings. The minimum Gasteiger partial charge on any atom is -0.354 e. The first-order valence-corrected chi connectivity index (χ1v) is 4.90. The van der Waals surface area contributed by atoms with Gasteiger partial charge in [-0.3, -0.25) is 14.6 Å². The number of guanidine groups is 1. The highest BCUT2D eigenvalue weighted by Crippen LogP contribution is 1.71. The van der Waals surface area contributed by atoms with Gasteiger partial charge in [-0.2, -0.15) is 0 Å². The summed E-state index contributed by atoms with van der Waals surface area (Å²) >= 11 is 0. The normalized spacial score (nSPS) is 14.3. The van der Waals surface area contributed by atoms with Gasteiger partial charge in [0.15, 0.2) is 0 Å². The maximum absolute atomic E-state index is 10.6. The lowest BCUT2D eigenvalue weighted by molar-refractivity contribution is 0.685. The molecule has 0 heterocycles. The Bertz CT molecular complexity index is 159. The van der Waals surface area contributed by atoms with Gasteiger partial charge in [0.2, 0.25) is 5.96 Å². The van der Waals surface area contributed by atoms with Crippen molar-refractivity contribution in [2.24, 2.45) is 10.8 Å². The molecule has 1 atom stereocenters. The van der Waals surface area contributed by atoms with Crippen molar-refractivity contribution in [3.8, 4) is 0 Å². The zero-order valence-electron chi connectivity index (χ0n) is 6.76. The lowest BCUT2D eigenvalue weighted by Crippen LogP contribution is -2.42. The summed E-state index contributed by atoms with van der Waals surface area (Å²) in [7, 11) is 0.844. The second kappa shape index (κ2) is 6.11. The number of hydrogen-bond acceptors (Lipinski definition) is 3. The van der Waals surface area contributed by atoms with E-state index >= 15 is 0 Å². The van der Waals surface area contributed by atoms with Crippen molar-refractivity contribution < 1.29 is 4.21 Å². The van der Waals surface area contributed by atoms with Crippen molar-refractivity contribution in [3.63, 3.8) is 0 Å². The van der Waals surface area contributed by atoms with Gasteiger partial charge in [0.1, 0.15) is 0 Å². The molecule has 0 rings (SSSR count). The first-order chi connectivity index (χ1) is 5.20. The Morgan fingerprint density at radius 3 is 2.73 bits per heavy atom. The highest BCUT2D eigenvalue weighted by molar-refractivity contribution is 7.84. The lowest BCUT2D eigenvalue weighted by atomic mass is 10.7. The number of rotatable bonds is 3. The number of aliphatic imine (C=N–C) groups is 1. The maximum Gasteiger partial charge on any atom is 0.205 e. The molecule has 66 valence electrons. The van der Waals surface area contributed by atoms with Gasteiger partial charge < -0.3 is 5.32 Å². The smallest absolute Gasteiger partial charge is 0.205 e. The predicted octanol–water partition coefficient (Wildman–Crippen LogP) is -1.60. The van der Waals surface area contributed by atoms with E-state index in [4.69, 9.17) is 5.84 Å². The van der Waals surface area contributed by atoms with Crippen LogP contribution in [0.2, 0.25) is 0 Å². The first kappa shape index (κ1) is 10.4. The van der Waals surface area contributed by atoms with E-state index in [-0.39, 0.29) is 0 Å². The summed E-state index contributed by atoms with van der Waals surface area (Å²) in [6.45, 7) is 0.611. The largest absolute Gasteiger partial charge is 0.354 e. The molecular formula is C5H14N4OS. The van der Waals surface area contributed by atoms with Crippen molar-refractivity contribution in [3.05, 3.63) is 0 Å². The maximum atomic E-state index is 10.6. The van der Waals surface area contributed by atoms with Crippen molar-refractivity contribution in [1.82, 2.24) is 10.7 Å². The molecule has 0 bridgehead atoms. The van der Waals surface area contributed by atoms with Gasteiger partial charge >= 0.3 is 0 Å². The molecule has 0 aromatic heterocycles. The van der Waals surface area contributed by atoms with Gasteiger partial charge in [-0.05, 0) is 0 Å². The van der Waals surface area contributed by atoms with E-state index in [0.29, 0.717) is 18.3 Å². The molecular weight excluding hydrogens is 164 g/mol. The average molecular weight is 178 g/mol. The van der Waals surface area contributed by atoms with Gasteiger partial charge in [0.25, 0.3) is 0 Å². The summed E-state index contributed by atoms with van der Waals surface area (Å²) in [6.07, 6.45) is 1.65. The van der Waals surface area contributed by atoms with Crippen LogP contribution >= 0.6 is 0 Å². The molecule has 1 unspecified atom stereocenters. The topological polar surface area (TPSA) is 79.5 Å². The van der Waals surface area contributed by atoms with E-state index in [1.54, 1.807) is 13.3 Å². The van der Waals surface area contributed by atoms with Crippen LogP contribution in [0.3, 0.4) is 0 Å². The van der Waals surface area contributed by atoms with Crippen LogP contribution in [0, 0.1) is 0 Å². The van der Waals surface area contributed by atoms with E-state index in [1.807, 2.05) is 0 Å². The quantitative estimate of drug-likeness (QED) is 0.210. The Labute approximate surface area is 68.9 Å². The minimum atomic E-state index is -0.772. The van der Waals surface area contributed by atoms with Crippen LogP contribution in [0.1, 0.15) is 0 Å². The summed E-state index contributed by atoms with van der Waals surface area (Å²) in [5.41, 5.74) is 2.37. The number of nitrogens with one attached hydrogen (secondary N) is 2. The van der Waals surface area contributed by atoms with E-state index in [2.05, 4.69) is 15.7 Å². The van der Waals surface area contributed by atoms with Crippen LogP contribution in [0.25, 0.3) is 0 Å². The third kappa shape index (κ3) is 5.81. The Morgan fingerprint density at radius 2 is 2.36 bits per heavy atom. The summed E-state index contributed by atoms with van der Waals surface area (Å²) in [4.78, 5) is 3.77. The highest BCUT2D eigenvalue weighted by atomic mass is 32.2. The van der Waals surface area contributed by atoms with E-state index in [1.165, 1.54) is 0 Å². The van der Waals surface area contributed by atoms with Crippen LogP contribution in [0.5, 0.6) is 0 Å². The second-order valence-corrected chi connectivity index (χ2v) is 3.48. The monoisotopic (exact) mass is 178 g/mol. The molecule has 0 amide bonds. The molecule has 11 heavy (non-hydrogen) atoms. The SMILES string of the molecule is CN=C(NN)NCCS(C)=O. The van der Waals surface area contributed by atoms with Crippen molar-refractivity contribution in [2.45, 2.75) is 0 Å². The third-order valence-corrected chi connectivity index (χ3v) is 1.82. The van der Waals surface area contributed by atoms with Gasteiger partial charge in [0, 0.05) is 36.4 Å². The van der Waals surface area contributed by atoms with Crippen molar-refractivity contribution >= 4 is 16.8 Å². The minimum absolute atomic E-state index is 0.510. The summed E-state index contributed by atoms with van der Waals surface area (Å²) in [6, 6.07) is 0. The Kier molecular flexibility index (Phi) is 5.77. The molecule has 0 aliphatic carbocycles. The zero-order valence-corrected chi connectivity index (χ0v) is 7.57. The molecule has 0 saturated carbocycles. The molecule has 4 N–H and O–H groups in total. The van der Waals surface area contributed by atoms with Crippen LogP contribution < -0.4 is 16.6 Å². The molecule has 0 aliphatic heterocycles. The number of hydrogen-bond donors (Lipinski definition) is 3. The molecule has 0 spiro atoms. The van der Waals surface area contributed by atoms with Crippen LogP contribution in [0.4, 0.5) is 0 Å². The van der Waals surface area contributed by atoms with Crippen molar-refractivity contribution in [2.75, 3.05) is 25.6 Å². The zero-order chi connectivity index (χ0) is 8.69. The summed E-state index contributed by atoms with van der Waals surface area (Å²) in [5.74, 6) is 6.19. The summed E-state index contributed by atoms with van der Waals surface area (Å²) < 4.78 is 10.6. The van der Waals surface area contributed by atoms with Crippen LogP contribution in [-0.2, 0) is 10.8 Å². The van der Waals surface area contributed by atoms with Crippen LogP contribution in [-0.4, -0.2) is 35.8 Å². The fourth-order valence-electron chi connectivity index (χ4n) is 0.508. The molecule has 5 nitrogen and oxygen atoms in total. The predicted molar refractivity (Wildman–Crippen MR) is 47.6 cm³/mol. The number of nitrogens with zero attached hydrogens (tertiary/aromatic N) is 1. The average Bonchev–Trinajstić information content (AvgIpc) is 1.98. The molecule has 0 aromatic rings. The molecule has 0 fully saturated rings. The standard InChI is InChI=1S/C5H14N4OS/c1-7-5(9-6)8-3-4-11(2)10/h3-4,6H2,1-2H3,(H2,7,8,9). The fourth-order valence-corrected chi connectivity index (χ4v) is 0.897. The Balaban J connectivity index is 3.45. The van der Waals surface area contributed by atoms with E-state index in [9.17, 15) is 4.21 Å². The molecule has 0 radical (unpaired) electrons. The van der Waals surface area contributed by atoms with Crippen molar-refractivity contribution in [1.29, 1.82) is 0 Å². The summed E-state index contributed by atoms with van der Waals surface area (Å²) in [5, 5.41) is 2.87. The highest BCUT2D eigenvalue weighted by Gasteiger charge is 1.93. The van der Waals surface area contributed by atoms with E-state index < -0.39 is 10.8 Å². The molecule has 0 aromatic carbocycles.